The van der Waals surface area contributed by atoms with Crippen molar-refractivity contribution in [1.82, 2.24) is 10.2 Å². The number of aromatic nitrogens is 2. The van der Waals surface area contributed by atoms with Crippen LogP contribution in [-0.4, -0.2) is 27.3 Å². The number of aryl methyl sites for hydroxylation is 1. The van der Waals surface area contributed by atoms with E-state index in [0.717, 1.165) is 9.91 Å². The molecule has 1 saturated heterocycles. The van der Waals surface area contributed by atoms with Gasteiger partial charge in [-0.25, -0.2) is 4.90 Å². The molecule has 114 valence electrons. The molecule has 2 heterocycles. The first-order valence-corrected chi connectivity index (χ1v) is 8.69. The summed E-state index contributed by atoms with van der Waals surface area (Å²) in [7, 11) is 0. The number of imide groups is 1. The number of halogens is 2. The molecule has 1 aliphatic rings. The molecular weight excluding hydrogens is 365 g/mol. The highest BCUT2D eigenvalue weighted by Crippen LogP contribution is 2.36. The fourth-order valence-electron chi connectivity index (χ4n) is 2.04. The molecule has 0 bridgehead atoms. The molecule has 0 aliphatic carbocycles. The van der Waals surface area contributed by atoms with Crippen molar-refractivity contribution in [3.63, 3.8) is 0 Å². The fourth-order valence-corrected chi connectivity index (χ4v) is 4.41. The Morgan fingerprint density at radius 2 is 2.05 bits per heavy atom. The highest BCUT2D eigenvalue weighted by molar-refractivity contribution is 8.02. The maximum Gasteiger partial charge on any atom is 0.247 e. The molecule has 3 rings (SSSR count). The standard InChI is InChI=1S/C13H9Cl2N3O2S2/c1-6-16-17-13(21-6)22-10-5-11(19)18(12(10)20)7-2-3-8(14)9(15)4-7/h2-4,10H,5H2,1H3/t10-/m1/s1. The van der Waals surface area contributed by atoms with Gasteiger partial charge in [0.25, 0.3) is 0 Å². The van der Waals surface area contributed by atoms with Crippen LogP contribution in [0.25, 0.3) is 0 Å². The van der Waals surface area contributed by atoms with E-state index in [4.69, 9.17) is 23.2 Å². The summed E-state index contributed by atoms with van der Waals surface area (Å²) < 4.78 is 0.680. The zero-order valence-corrected chi connectivity index (χ0v) is 14.4. The SMILES string of the molecule is Cc1nnc(S[C@@H]2CC(=O)N(c3ccc(Cl)c(Cl)c3)C2=O)s1. The number of rotatable bonds is 3. The van der Waals surface area contributed by atoms with Crippen LogP contribution in [0.15, 0.2) is 22.5 Å². The molecule has 0 radical (unpaired) electrons. The van der Waals surface area contributed by atoms with Crippen LogP contribution in [0.1, 0.15) is 11.4 Å². The van der Waals surface area contributed by atoms with Gasteiger partial charge in [0, 0.05) is 6.42 Å². The van der Waals surface area contributed by atoms with Crippen LogP contribution in [0, 0.1) is 6.92 Å². The number of amides is 2. The third kappa shape index (κ3) is 2.99. The van der Waals surface area contributed by atoms with Gasteiger partial charge in [-0.15, -0.1) is 10.2 Å². The molecule has 0 saturated carbocycles. The quantitative estimate of drug-likeness (QED) is 0.769. The average molecular weight is 374 g/mol. The summed E-state index contributed by atoms with van der Waals surface area (Å²) in [4.78, 5) is 25.8. The lowest BCUT2D eigenvalue weighted by molar-refractivity contribution is -0.121. The molecule has 2 aromatic rings. The van der Waals surface area contributed by atoms with Crippen molar-refractivity contribution < 1.29 is 9.59 Å². The molecule has 1 fully saturated rings. The van der Waals surface area contributed by atoms with Gasteiger partial charge in [0.15, 0.2) is 4.34 Å². The zero-order valence-electron chi connectivity index (χ0n) is 11.2. The fraction of sp³-hybridized carbons (Fsp3) is 0.231. The number of carbonyl (C=O) groups is 2. The van der Waals surface area contributed by atoms with Crippen LogP contribution < -0.4 is 4.90 Å². The van der Waals surface area contributed by atoms with E-state index in [-0.39, 0.29) is 18.2 Å². The number of hydrogen-bond donors (Lipinski definition) is 0. The van der Waals surface area contributed by atoms with Gasteiger partial charge in [-0.1, -0.05) is 46.3 Å². The second-order valence-corrected chi connectivity index (χ2v) is 8.01. The highest BCUT2D eigenvalue weighted by Gasteiger charge is 2.40. The summed E-state index contributed by atoms with van der Waals surface area (Å²) in [5.41, 5.74) is 0.431. The summed E-state index contributed by atoms with van der Waals surface area (Å²) >= 11 is 14.5. The van der Waals surface area contributed by atoms with Crippen molar-refractivity contribution >= 4 is 63.8 Å². The molecule has 9 heteroatoms. The third-order valence-corrected chi connectivity index (χ3v) is 5.86. The van der Waals surface area contributed by atoms with Crippen molar-refractivity contribution in [2.24, 2.45) is 0 Å². The molecule has 1 aromatic carbocycles. The number of benzene rings is 1. The molecular formula is C13H9Cl2N3O2S2. The lowest BCUT2D eigenvalue weighted by Crippen LogP contribution is -2.31. The number of hydrogen-bond acceptors (Lipinski definition) is 6. The van der Waals surface area contributed by atoms with E-state index in [2.05, 4.69) is 10.2 Å². The molecule has 1 atom stereocenters. The van der Waals surface area contributed by atoms with Crippen molar-refractivity contribution in [2.75, 3.05) is 4.90 Å². The van der Waals surface area contributed by atoms with Gasteiger partial charge in [0.05, 0.1) is 15.7 Å². The minimum absolute atomic E-state index is 0.127. The van der Waals surface area contributed by atoms with Crippen molar-refractivity contribution in [2.45, 2.75) is 22.9 Å². The zero-order chi connectivity index (χ0) is 15.9. The largest absolute Gasteiger partial charge is 0.274 e. The van der Waals surface area contributed by atoms with Gasteiger partial charge < -0.3 is 0 Å². The van der Waals surface area contributed by atoms with E-state index in [1.165, 1.54) is 29.2 Å². The van der Waals surface area contributed by atoms with E-state index >= 15 is 0 Å². The Hall–Kier alpha value is -1.15. The Bertz CT molecular complexity index is 765. The van der Waals surface area contributed by atoms with E-state index in [9.17, 15) is 9.59 Å². The number of nitrogens with zero attached hydrogens (tertiary/aromatic N) is 3. The van der Waals surface area contributed by atoms with Gasteiger partial charge in [-0.2, -0.15) is 0 Å². The van der Waals surface area contributed by atoms with E-state index in [1.54, 1.807) is 12.1 Å². The average Bonchev–Trinajstić information content (AvgIpc) is 2.98. The second kappa shape index (κ2) is 6.16. The summed E-state index contributed by atoms with van der Waals surface area (Å²) in [5, 5.41) is 8.89. The Labute approximate surface area is 144 Å². The topological polar surface area (TPSA) is 63.2 Å². The minimum Gasteiger partial charge on any atom is -0.274 e. The van der Waals surface area contributed by atoms with E-state index in [0.29, 0.717) is 20.1 Å². The van der Waals surface area contributed by atoms with Gasteiger partial charge in [0.2, 0.25) is 11.8 Å². The van der Waals surface area contributed by atoms with Gasteiger partial charge in [0.1, 0.15) is 10.3 Å². The van der Waals surface area contributed by atoms with E-state index < -0.39 is 5.25 Å². The van der Waals surface area contributed by atoms with Crippen molar-refractivity contribution in [3.8, 4) is 0 Å². The predicted molar refractivity (Wildman–Crippen MR) is 87.9 cm³/mol. The smallest absolute Gasteiger partial charge is 0.247 e. The Morgan fingerprint density at radius 1 is 1.27 bits per heavy atom. The first-order valence-electron chi connectivity index (χ1n) is 6.24. The second-order valence-electron chi connectivity index (χ2n) is 4.56. The van der Waals surface area contributed by atoms with Crippen LogP contribution in [0.5, 0.6) is 0 Å². The van der Waals surface area contributed by atoms with Crippen LogP contribution in [0.4, 0.5) is 5.69 Å². The number of carbonyl (C=O) groups excluding carboxylic acids is 2. The van der Waals surface area contributed by atoms with E-state index in [1.807, 2.05) is 6.92 Å². The lowest BCUT2D eigenvalue weighted by atomic mass is 10.3. The maximum absolute atomic E-state index is 12.5. The van der Waals surface area contributed by atoms with Gasteiger partial charge in [-0.05, 0) is 25.1 Å². The third-order valence-electron chi connectivity index (χ3n) is 3.02. The van der Waals surface area contributed by atoms with Gasteiger partial charge in [-0.3, -0.25) is 9.59 Å². The van der Waals surface area contributed by atoms with Crippen molar-refractivity contribution in [1.29, 1.82) is 0 Å². The molecule has 1 aromatic heterocycles. The van der Waals surface area contributed by atoms with Crippen molar-refractivity contribution in [3.05, 3.63) is 33.3 Å². The Balaban J connectivity index is 1.83. The number of anilines is 1. The summed E-state index contributed by atoms with van der Waals surface area (Å²) in [6.45, 7) is 1.84. The molecule has 2 amide bonds. The molecule has 5 nitrogen and oxygen atoms in total. The van der Waals surface area contributed by atoms with Crippen LogP contribution in [0.3, 0.4) is 0 Å². The minimum atomic E-state index is -0.491. The van der Waals surface area contributed by atoms with Crippen LogP contribution >= 0.6 is 46.3 Å². The molecule has 22 heavy (non-hydrogen) atoms. The van der Waals surface area contributed by atoms with Crippen LogP contribution in [-0.2, 0) is 9.59 Å². The summed E-state index contributed by atoms with van der Waals surface area (Å²) in [6, 6.07) is 4.68. The Morgan fingerprint density at radius 3 is 2.68 bits per heavy atom. The monoisotopic (exact) mass is 373 g/mol. The Kier molecular flexibility index (Phi) is 4.40. The molecule has 0 N–H and O–H groups in total. The number of thioether (sulfide) groups is 1. The molecule has 0 unspecified atom stereocenters. The molecule has 0 spiro atoms. The normalized spacial score (nSPS) is 18.3. The highest BCUT2D eigenvalue weighted by atomic mass is 35.5. The predicted octanol–water partition coefficient (Wildman–Crippen LogP) is 3.58. The molecule has 1 aliphatic heterocycles. The summed E-state index contributed by atoms with van der Waals surface area (Å²) in [5.74, 6) is -0.539. The first-order chi connectivity index (χ1) is 10.5. The lowest BCUT2D eigenvalue weighted by Gasteiger charge is -2.15. The first kappa shape index (κ1) is 15.7. The summed E-state index contributed by atoms with van der Waals surface area (Å²) in [6.07, 6.45) is 0.127. The van der Waals surface area contributed by atoms with Gasteiger partial charge >= 0.3 is 0 Å². The van der Waals surface area contributed by atoms with Crippen LogP contribution in [0.2, 0.25) is 10.0 Å². The maximum atomic E-state index is 12.5.